The summed E-state index contributed by atoms with van der Waals surface area (Å²) in [6, 6.07) is 21.2. The number of hydrogen-bond donors (Lipinski definition) is 3. The number of benzene rings is 3. The van der Waals surface area contributed by atoms with Crippen LogP contribution in [0.4, 0.5) is 0 Å². The van der Waals surface area contributed by atoms with Crippen molar-refractivity contribution in [3.63, 3.8) is 0 Å². The summed E-state index contributed by atoms with van der Waals surface area (Å²) in [6.07, 6.45) is 8.09. The predicted molar refractivity (Wildman–Crippen MR) is 164 cm³/mol. The summed E-state index contributed by atoms with van der Waals surface area (Å²) in [5.41, 5.74) is 5.87. The molecule has 3 N–H and O–H groups in total. The molecule has 1 saturated heterocycles. The van der Waals surface area contributed by atoms with Crippen LogP contribution in [0.2, 0.25) is 0 Å². The summed E-state index contributed by atoms with van der Waals surface area (Å²) < 4.78 is 17.0. The van der Waals surface area contributed by atoms with Crippen molar-refractivity contribution in [3.8, 4) is 45.4 Å². The highest BCUT2D eigenvalue weighted by Gasteiger charge is 2.19. The van der Waals surface area contributed by atoms with Crippen LogP contribution in [0.25, 0.3) is 46.1 Å². The van der Waals surface area contributed by atoms with Crippen LogP contribution in [0.15, 0.2) is 78.9 Å². The zero-order valence-electron chi connectivity index (χ0n) is 23.4. The average Bonchev–Trinajstić information content (AvgIpc) is 3.73. The molecule has 2 aliphatic rings. The minimum Gasteiger partial charge on any atom is -0.486 e. The summed E-state index contributed by atoms with van der Waals surface area (Å²) in [4.78, 5) is 31.7. The summed E-state index contributed by atoms with van der Waals surface area (Å²) >= 11 is 0. The molecule has 9 heteroatoms. The predicted octanol–water partition coefficient (Wildman–Crippen LogP) is 5.59. The number of aromatic nitrogens is 2. The molecule has 0 aliphatic carbocycles. The molecule has 1 amide bonds. The maximum absolute atomic E-state index is 12.3. The van der Waals surface area contributed by atoms with Gasteiger partial charge in [-0.05, 0) is 54.3 Å². The Morgan fingerprint density at radius 3 is 2.23 bits per heavy atom. The summed E-state index contributed by atoms with van der Waals surface area (Å²) in [6.45, 7) is 2.29. The van der Waals surface area contributed by atoms with E-state index >= 15 is 0 Å². The number of aliphatic carboxylic acids is 1. The van der Waals surface area contributed by atoms with Crippen molar-refractivity contribution < 1.29 is 28.9 Å². The fraction of sp³-hybridized carbons (Fsp3) is 0.206. The molecular formula is C34H31N3O6. The number of H-pyrrole nitrogens is 1. The van der Waals surface area contributed by atoms with Crippen molar-refractivity contribution in [2.75, 3.05) is 26.4 Å². The Balaban J connectivity index is 1.27. The zero-order chi connectivity index (χ0) is 29.6. The van der Waals surface area contributed by atoms with Gasteiger partial charge < -0.3 is 29.6 Å². The molecule has 9 nitrogen and oxygen atoms in total. The van der Waals surface area contributed by atoms with Gasteiger partial charge in [0.15, 0.2) is 11.5 Å². The van der Waals surface area contributed by atoms with E-state index in [-0.39, 0.29) is 12.0 Å². The van der Waals surface area contributed by atoms with E-state index in [1.54, 1.807) is 12.2 Å². The lowest BCUT2D eigenvalue weighted by atomic mass is 10.0. The summed E-state index contributed by atoms with van der Waals surface area (Å²) in [7, 11) is 0. The van der Waals surface area contributed by atoms with Gasteiger partial charge in [0.2, 0.25) is 5.91 Å². The van der Waals surface area contributed by atoms with Gasteiger partial charge in [-0.15, -0.1) is 0 Å². The van der Waals surface area contributed by atoms with Gasteiger partial charge in [0.25, 0.3) is 0 Å². The van der Waals surface area contributed by atoms with Gasteiger partial charge in [0.05, 0.1) is 17.5 Å². The average molecular weight is 578 g/mol. The van der Waals surface area contributed by atoms with E-state index in [4.69, 9.17) is 24.3 Å². The number of nitrogens with zero attached hydrogens (tertiary/aromatic N) is 1. The monoisotopic (exact) mass is 577 g/mol. The number of hydrogen-bond acceptors (Lipinski definition) is 6. The number of amides is 1. The van der Waals surface area contributed by atoms with Crippen LogP contribution in [0.5, 0.6) is 11.5 Å². The first-order valence-electron chi connectivity index (χ1n) is 14.2. The summed E-state index contributed by atoms with van der Waals surface area (Å²) in [5, 5.41) is 11.9. The molecule has 3 aromatic carbocycles. The number of nitrogens with one attached hydrogen (secondary N) is 2. The second-order valence-corrected chi connectivity index (χ2v) is 10.3. The Morgan fingerprint density at radius 2 is 1.53 bits per heavy atom. The summed E-state index contributed by atoms with van der Waals surface area (Å²) in [5.74, 6) is 0.898. The largest absolute Gasteiger partial charge is 0.486 e. The highest BCUT2D eigenvalue weighted by atomic mass is 16.6. The molecule has 1 fully saturated rings. The van der Waals surface area contributed by atoms with Crippen LogP contribution in [0, 0.1) is 0 Å². The molecule has 0 radical (unpaired) electrons. The Bertz CT molecular complexity index is 1670. The Hall–Kier alpha value is -5.15. The number of carboxylic acid groups (broad SMARTS) is 1. The number of aromatic amines is 1. The van der Waals surface area contributed by atoms with E-state index < -0.39 is 5.97 Å². The van der Waals surface area contributed by atoms with Crippen molar-refractivity contribution in [3.05, 3.63) is 90.0 Å². The van der Waals surface area contributed by atoms with E-state index in [9.17, 15) is 9.59 Å². The van der Waals surface area contributed by atoms with Crippen LogP contribution in [0.3, 0.4) is 0 Å². The van der Waals surface area contributed by atoms with Crippen molar-refractivity contribution >= 4 is 24.0 Å². The Morgan fingerprint density at radius 1 is 0.860 bits per heavy atom. The van der Waals surface area contributed by atoms with Crippen molar-refractivity contribution in [2.45, 2.75) is 18.9 Å². The zero-order valence-corrected chi connectivity index (χ0v) is 23.4. The minimum absolute atomic E-state index is 0.101. The maximum atomic E-state index is 12.3. The highest BCUT2D eigenvalue weighted by molar-refractivity contribution is 5.92. The smallest absolute Gasteiger partial charge is 0.328 e. The first-order chi connectivity index (χ1) is 21.0. The van der Waals surface area contributed by atoms with Gasteiger partial charge in [-0.1, -0.05) is 48.5 Å². The number of rotatable bonds is 9. The number of carboxylic acids is 1. The Kier molecular flexibility index (Phi) is 8.33. The van der Waals surface area contributed by atoms with Crippen molar-refractivity contribution in [1.82, 2.24) is 15.3 Å². The number of carbonyl (C=O) groups excluding carboxylic acids is 1. The molecule has 3 heterocycles. The van der Waals surface area contributed by atoms with E-state index in [2.05, 4.69) is 10.3 Å². The molecule has 43 heavy (non-hydrogen) atoms. The van der Waals surface area contributed by atoms with Gasteiger partial charge in [-0.3, -0.25) is 4.79 Å². The molecule has 0 spiro atoms. The van der Waals surface area contributed by atoms with Gasteiger partial charge in [-0.25, -0.2) is 9.78 Å². The maximum Gasteiger partial charge on any atom is 0.328 e. The molecule has 1 atom stereocenters. The van der Waals surface area contributed by atoms with E-state index in [0.29, 0.717) is 37.1 Å². The second-order valence-electron chi connectivity index (χ2n) is 10.3. The van der Waals surface area contributed by atoms with Crippen molar-refractivity contribution in [1.29, 1.82) is 0 Å². The highest BCUT2D eigenvalue weighted by Crippen LogP contribution is 2.37. The molecule has 4 aromatic rings. The van der Waals surface area contributed by atoms with E-state index in [1.165, 1.54) is 6.08 Å². The molecular weight excluding hydrogens is 546 g/mol. The third-order valence-corrected chi connectivity index (χ3v) is 7.28. The lowest BCUT2D eigenvalue weighted by Crippen LogP contribution is -2.30. The fourth-order valence-electron chi connectivity index (χ4n) is 5.05. The van der Waals surface area contributed by atoms with E-state index in [1.807, 2.05) is 66.7 Å². The van der Waals surface area contributed by atoms with Crippen LogP contribution < -0.4 is 14.8 Å². The number of carbonyl (C=O) groups is 2. The fourth-order valence-corrected chi connectivity index (χ4v) is 5.05. The number of fused-ring (bicyclic) bond motifs is 1. The van der Waals surface area contributed by atoms with Gasteiger partial charge in [0.1, 0.15) is 19.0 Å². The first kappa shape index (κ1) is 28.0. The number of ether oxygens (including phenoxy) is 3. The molecule has 0 saturated carbocycles. The Labute approximate surface area is 248 Å². The lowest BCUT2D eigenvalue weighted by molar-refractivity contribution is -0.131. The molecule has 218 valence electrons. The SMILES string of the molecule is O=C(O)/C=C/c1ccc(-c2[nH]c(-c3ccc4c(c3)OCCO4)nc2-c2ccc(/C=C/C(=O)NCC3CCCO3)cc2)cc1. The minimum atomic E-state index is -0.999. The molecule has 1 unspecified atom stereocenters. The van der Waals surface area contributed by atoms with E-state index in [0.717, 1.165) is 64.7 Å². The van der Waals surface area contributed by atoms with Crippen LogP contribution in [-0.2, 0) is 14.3 Å². The quantitative estimate of drug-likeness (QED) is 0.222. The van der Waals surface area contributed by atoms with Gasteiger partial charge >= 0.3 is 5.97 Å². The molecule has 0 bridgehead atoms. The standard InChI is InChI=1S/C34H31N3O6/c38-30(35-21-27-2-1-17-41-27)15-7-22-3-9-24(10-4-22)32-33(25-11-5-23(6-12-25)8-16-31(39)40)37-34(36-32)26-13-14-28-29(20-26)43-19-18-42-28/h3-16,20,27H,1-2,17-19,21H2,(H,35,38)(H,36,37)(H,39,40)/b15-7+,16-8+. The first-order valence-corrected chi connectivity index (χ1v) is 14.2. The van der Waals surface area contributed by atoms with Gasteiger partial charge in [-0.2, -0.15) is 0 Å². The molecule has 6 rings (SSSR count). The van der Waals surface area contributed by atoms with Gasteiger partial charge in [0, 0.05) is 42.0 Å². The normalized spacial score (nSPS) is 16.1. The lowest BCUT2D eigenvalue weighted by Gasteiger charge is -2.18. The van der Waals surface area contributed by atoms with Crippen molar-refractivity contribution in [2.24, 2.45) is 0 Å². The third kappa shape index (κ3) is 6.85. The molecule has 1 aromatic heterocycles. The second kappa shape index (κ2) is 12.8. The van der Waals surface area contributed by atoms with Crippen LogP contribution in [-0.4, -0.2) is 59.4 Å². The van der Waals surface area contributed by atoms with Crippen LogP contribution in [0.1, 0.15) is 24.0 Å². The molecule has 2 aliphatic heterocycles. The van der Waals surface area contributed by atoms with Crippen LogP contribution >= 0.6 is 0 Å². The topological polar surface area (TPSA) is 123 Å². The third-order valence-electron chi connectivity index (χ3n) is 7.28. The number of imidazole rings is 1.